The number of anilines is 1. The lowest BCUT2D eigenvalue weighted by Gasteiger charge is -2.31. The predicted octanol–water partition coefficient (Wildman–Crippen LogP) is 5.86. The van der Waals surface area contributed by atoms with Crippen molar-refractivity contribution in [1.82, 2.24) is 26.4 Å². The van der Waals surface area contributed by atoms with E-state index in [4.69, 9.17) is 4.98 Å². The van der Waals surface area contributed by atoms with Gasteiger partial charge in [-0.1, -0.05) is 13.8 Å². The van der Waals surface area contributed by atoms with Crippen LogP contribution in [0.1, 0.15) is 79.5 Å². The number of alkyl halides is 6. The number of rotatable bonds is 9. The number of pyridine rings is 1. The van der Waals surface area contributed by atoms with Crippen LogP contribution >= 0.6 is 0 Å². The second-order valence-electron chi connectivity index (χ2n) is 12.7. The number of aryl methyl sites for hydroxylation is 1. The van der Waals surface area contributed by atoms with Crippen LogP contribution in [0.5, 0.6) is 0 Å². The largest absolute Gasteiger partial charge is 0.416 e. The number of fused-ring (bicyclic) bond motifs is 1. The molecule has 0 spiro atoms. The van der Waals surface area contributed by atoms with Crippen molar-refractivity contribution in [3.05, 3.63) is 57.8 Å². The van der Waals surface area contributed by atoms with E-state index in [0.29, 0.717) is 11.8 Å². The Morgan fingerprint density at radius 2 is 1.48 bits per heavy atom. The van der Waals surface area contributed by atoms with Gasteiger partial charge in [0.25, 0.3) is 0 Å². The highest BCUT2D eigenvalue weighted by Gasteiger charge is 2.38. The topological polar surface area (TPSA) is 67.8 Å². The van der Waals surface area contributed by atoms with Gasteiger partial charge < -0.3 is 9.80 Å². The maximum Gasteiger partial charge on any atom is 0.416 e. The van der Waals surface area contributed by atoms with Crippen molar-refractivity contribution in [1.29, 1.82) is 0 Å². The summed E-state index contributed by atoms with van der Waals surface area (Å²) in [4.78, 5) is 9.26. The first-order chi connectivity index (χ1) is 19.8. The zero-order valence-electron chi connectivity index (χ0n) is 23.6. The number of halogens is 6. The molecule has 4 aliphatic rings. The Hall–Kier alpha value is -3.22. The van der Waals surface area contributed by atoms with Gasteiger partial charge in [0.2, 0.25) is 5.96 Å². The molecule has 6 rings (SSSR count). The number of nitrogens with zero attached hydrogens (tertiary/aromatic N) is 4. The van der Waals surface area contributed by atoms with E-state index in [2.05, 4.69) is 46.4 Å². The molecule has 3 aliphatic carbocycles. The molecule has 2 saturated carbocycles. The van der Waals surface area contributed by atoms with Gasteiger partial charge in [-0.05, 0) is 85.8 Å². The fourth-order valence-electron chi connectivity index (χ4n) is 5.88. The van der Waals surface area contributed by atoms with Crippen molar-refractivity contribution in [3.63, 3.8) is 0 Å². The summed E-state index contributed by atoms with van der Waals surface area (Å²) in [6.45, 7) is 6.10. The monoisotopic (exact) mass is 595 g/mol. The van der Waals surface area contributed by atoms with E-state index in [9.17, 15) is 26.3 Å². The minimum Gasteiger partial charge on any atom is -0.356 e. The minimum absolute atomic E-state index is 0.0793. The molecule has 42 heavy (non-hydrogen) atoms. The maximum absolute atomic E-state index is 13.6. The van der Waals surface area contributed by atoms with Crippen molar-refractivity contribution in [2.75, 3.05) is 18.0 Å². The third-order valence-corrected chi connectivity index (χ3v) is 8.54. The minimum atomic E-state index is -4.93. The molecule has 0 amide bonds. The summed E-state index contributed by atoms with van der Waals surface area (Å²) < 4.78 is 81.7. The zero-order valence-corrected chi connectivity index (χ0v) is 23.6. The van der Waals surface area contributed by atoms with Crippen molar-refractivity contribution in [3.8, 4) is 0 Å². The number of nitrogens with one attached hydrogen (secondary N) is 3. The normalized spacial score (nSPS) is 19.7. The molecule has 1 aromatic heterocycles. The molecule has 7 nitrogen and oxygen atoms in total. The Labute approximate surface area is 240 Å². The summed E-state index contributed by atoms with van der Waals surface area (Å²) in [7, 11) is 0. The van der Waals surface area contributed by atoms with Gasteiger partial charge in [0.05, 0.1) is 16.8 Å². The summed E-state index contributed by atoms with van der Waals surface area (Å²) in [5.41, 5.74) is 8.19. The number of benzene rings is 1. The first-order valence-electron chi connectivity index (χ1n) is 14.4. The molecule has 0 saturated heterocycles. The molecule has 228 valence electrons. The highest BCUT2D eigenvalue weighted by molar-refractivity contribution is 5.80. The molecule has 0 unspecified atom stereocenters. The lowest BCUT2D eigenvalue weighted by Crippen LogP contribution is -2.43. The fraction of sp³-hybridized carbons (Fsp3) is 0.586. The van der Waals surface area contributed by atoms with Gasteiger partial charge >= 0.3 is 12.4 Å². The van der Waals surface area contributed by atoms with Gasteiger partial charge in [-0.15, -0.1) is 10.6 Å². The van der Waals surface area contributed by atoms with Crippen LogP contribution in [0.4, 0.5) is 32.2 Å². The highest BCUT2D eigenvalue weighted by atomic mass is 19.4. The van der Waals surface area contributed by atoms with E-state index >= 15 is 0 Å². The Balaban J connectivity index is 1.39. The van der Waals surface area contributed by atoms with Gasteiger partial charge in [-0.2, -0.15) is 26.3 Å². The van der Waals surface area contributed by atoms with E-state index in [0.717, 1.165) is 60.7 Å². The summed E-state index contributed by atoms with van der Waals surface area (Å²) in [5.74, 6) is 2.32. The predicted molar refractivity (Wildman–Crippen MR) is 146 cm³/mol. The molecule has 13 heteroatoms. The van der Waals surface area contributed by atoms with Crippen LogP contribution in [-0.4, -0.2) is 28.9 Å². The summed E-state index contributed by atoms with van der Waals surface area (Å²) >= 11 is 0. The van der Waals surface area contributed by atoms with Crippen LogP contribution in [0, 0.1) is 11.8 Å². The quantitative estimate of drug-likeness (QED) is 0.316. The average Bonchev–Trinajstić information content (AvgIpc) is 3.82. The Morgan fingerprint density at radius 3 is 2.00 bits per heavy atom. The molecule has 2 aromatic rings. The van der Waals surface area contributed by atoms with Gasteiger partial charge in [0.1, 0.15) is 5.82 Å². The van der Waals surface area contributed by atoms with Crippen LogP contribution in [-0.2, 0) is 37.3 Å². The van der Waals surface area contributed by atoms with Crippen LogP contribution < -0.4 is 21.4 Å². The number of hydrazone groups is 1. The third kappa shape index (κ3) is 6.40. The summed E-state index contributed by atoms with van der Waals surface area (Å²) in [6.07, 6.45) is -3.34. The molecule has 1 aliphatic heterocycles. The van der Waals surface area contributed by atoms with E-state index in [1.165, 1.54) is 25.7 Å². The van der Waals surface area contributed by atoms with Gasteiger partial charge in [-0.25, -0.2) is 10.5 Å². The number of guanidine groups is 1. The van der Waals surface area contributed by atoms with Crippen LogP contribution in [0.2, 0.25) is 0 Å². The number of hydrazine groups is 2. The lowest BCUT2D eigenvalue weighted by atomic mass is 9.90. The lowest BCUT2D eigenvalue weighted by molar-refractivity contribution is -0.143. The molecule has 0 radical (unpaired) electrons. The maximum atomic E-state index is 13.6. The van der Waals surface area contributed by atoms with E-state index in [1.807, 2.05) is 0 Å². The van der Waals surface area contributed by atoms with Crippen molar-refractivity contribution < 1.29 is 26.3 Å². The summed E-state index contributed by atoms with van der Waals surface area (Å²) in [6, 6.07) is 3.83. The Bertz CT molecular complexity index is 1320. The average molecular weight is 596 g/mol. The molecule has 2 fully saturated rings. The van der Waals surface area contributed by atoms with Crippen LogP contribution in [0.15, 0.2) is 29.4 Å². The van der Waals surface area contributed by atoms with Crippen LogP contribution in [0.25, 0.3) is 0 Å². The number of hydrogen-bond acceptors (Lipinski definition) is 7. The van der Waals surface area contributed by atoms with Crippen molar-refractivity contribution in [2.24, 2.45) is 16.9 Å². The highest BCUT2D eigenvalue weighted by Crippen LogP contribution is 2.42. The number of aromatic nitrogens is 1. The standard InChI is InChI=1S/C29H35F6N7/c1-27(2)8-7-20-11-21(25(36-24(20)27)41(13-17-3-4-17)14-18-5-6-18)16-42(26-37-39-40-38-26)15-19-9-22(28(30,31)32)12-23(10-19)29(33,34)35/h9-12,17-18,39-40H,3-8,13-16H2,1-2H3,(H,37,38). The smallest absolute Gasteiger partial charge is 0.356 e. The van der Waals surface area contributed by atoms with Gasteiger partial charge in [-0.3, -0.25) is 5.43 Å². The second kappa shape index (κ2) is 10.5. The van der Waals surface area contributed by atoms with E-state index in [-0.39, 0.29) is 36.1 Å². The molecule has 3 N–H and O–H groups in total. The number of hydrogen-bond donors (Lipinski definition) is 3. The first-order valence-corrected chi connectivity index (χ1v) is 14.4. The van der Waals surface area contributed by atoms with Gasteiger partial charge in [0, 0.05) is 37.2 Å². The molecule has 0 bridgehead atoms. The van der Waals surface area contributed by atoms with E-state index < -0.39 is 23.5 Å². The third-order valence-electron chi connectivity index (χ3n) is 8.54. The molecular weight excluding hydrogens is 560 g/mol. The zero-order chi connectivity index (χ0) is 29.9. The van der Waals surface area contributed by atoms with Crippen LogP contribution in [0.3, 0.4) is 0 Å². The Morgan fingerprint density at radius 1 is 0.857 bits per heavy atom. The Kier molecular flexibility index (Phi) is 7.22. The fourth-order valence-corrected chi connectivity index (χ4v) is 5.88. The molecule has 1 aromatic carbocycles. The second-order valence-corrected chi connectivity index (χ2v) is 12.7. The van der Waals surface area contributed by atoms with Crippen molar-refractivity contribution >= 4 is 11.8 Å². The molecule has 2 heterocycles. The van der Waals surface area contributed by atoms with Gasteiger partial charge in [0.15, 0.2) is 0 Å². The molecular formula is C29H35F6N7. The van der Waals surface area contributed by atoms with E-state index in [1.54, 1.807) is 4.90 Å². The summed E-state index contributed by atoms with van der Waals surface area (Å²) in [5, 5.41) is 4.15. The molecule has 0 atom stereocenters. The SMILES string of the molecule is CC1(C)CCc2cc(CN(Cc3cc(C(F)(F)F)cc(C(F)(F)F)c3)C3=NNNN3)c(N(CC3CC3)CC3CC3)nc21. The van der Waals surface area contributed by atoms with Crippen molar-refractivity contribution in [2.45, 2.75) is 83.2 Å². The first kappa shape index (κ1) is 28.9.